The second kappa shape index (κ2) is 10.6. The van der Waals surface area contributed by atoms with Gasteiger partial charge in [0.2, 0.25) is 5.91 Å². The zero-order valence-corrected chi connectivity index (χ0v) is 18.3. The number of aryl methyl sites for hydroxylation is 1. The molecule has 0 saturated carbocycles. The molecule has 1 aromatic heterocycles. The van der Waals surface area contributed by atoms with E-state index in [1.54, 1.807) is 6.07 Å². The second-order valence-electron chi connectivity index (χ2n) is 7.73. The van der Waals surface area contributed by atoms with Gasteiger partial charge in [0.25, 0.3) is 0 Å². The highest BCUT2D eigenvalue weighted by Crippen LogP contribution is 2.51. The van der Waals surface area contributed by atoms with Crippen molar-refractivity contribution < 1.29 is 40.6 Å². The lowest BCUT2D eigenvalue weighted by Crippen LogP contribution is -2.45. The normalized spacial score (nSPS) is 18.5. The van der Waals surface area contributed by atoms with Crippen molar-refractivity contribution in [3.8, 4) is 0 Å². The maximum atomic E-state index is 13.1. The van der Waals surface area contributed by atoms with Gasteiger partial charge in [-0.1, -0.05) is 6.07 Å². The number of carbonyl (C=O) groups is 1. The molecule has 184 valence electrons. The fourth-order valence-corrected chi connectivity index (χ4v) is 5.38. The SMILES string of the molecule is COCCC(C(N)=O)S(O)(O)N1CCC(c2ccc(CCC(F)(F)C(F)(F)F)cn2)CC1. The van der Waals surface area contributed by atoms with Crippen LogP contribution in [0.3, 0.4) is 0 Å². The molecule has 0 bridgehead atoms. The van der Waals surface area contributed by atoms with Crippen molar-refractivity contribution in [3.05, 3.63) is 29.6 Å². The van der Waals surface area contributed by atoms with Gasteiger partial charge >= 0.3 is 12.1 Å². The summed E-state index contributed by atoms with van der Waals surface area (Å²) in [5.41, 5.74) is 6.25. The van der Waals surface area contributed by atoms with Crippen LogP contribution in [0.1, 0.15) is 42.9 Å². The Balaban J connectivity index is 1.95. The summed E-state index contributed by atoms with van der Waals surface area (Å²) < 4.78 is 90.6. The van der Waals surface area contributed by atoms with Crippen molar-refractivity contribution in [3.63, 3.8) is 0 Å². The summed E-state index contributed by atoms with van der Waals surface area (Å²) in [7, 11) is -2.02. The number of pyridine rings is 1. The van der Waals surface area contributed by atoms with Gasteiger partial charge in [0.05, 0.1) is 0 Å². The summed E-state index contributed by atoms with van der Waals surface area (Å²) in [6.07, 6.45) is -5.05. The molecule has 4 N–H and O–H groups in total. The number of hydrogen-bond acceptors (Lipinski definition) is 6. The van der Waals surface area contributed by atoms with Gasteiger partial charge < -0.3 is 10.5 Å². The van der Waals surface area contributed by atoms with Crippen LogP contribution in [0, 0.1) is 0 Å². The fraction of sp³-hybridized carbons (Fsp3) is 0.684. The van der Waals surface area contributed by atoms with E-state index in [1.165, 1.54) is 23.7 Å². The molecule has 1 aliphatic heterocycles. The van der Waals surface area contributed by atoms with Gasteiger partial charge in [-0.15, -0.1) is 10.8 Å². The molecule has 1 fully saturated rings. The van der Waals surface area contributed by atoms with Crippen LogP contribution in [-0.2, 0) is 16.0 Å². The molecule has 1 unspecified atom stereocenters. The van der Waals surface area contributed by atoms with Crippen molar-refractivity contribution in [2.75, 3.05) is 26.8 Å². The first-order valence-electron chi connectivity index (χ1n) is 9.99. The van der Waals surface area contributed by atoms with Gasteiger partial charge in [-0.2, -0.15) is 22.0 Å². The monoisotopic (exact) mass is 489 g/mol. The zero-order chi connectivity index (χ0) is 24.2. The van der Waals surface area contributed by atoms with E-state index < -0.39 is 46.9 Å². The Morgan fingerprint density at radius 1 is 1.28 bits per heavy atom. The van der Waals surface area contributed by atoms with Gasteiger partial charge in [-0.25, -0.2) is 4.31 Å². The molecule has 0 radical (unpaired) electrons. The minimum Gasteiger partial charge on any atom is -0.385 e. The maximum Gasteiger partial charge on any atom is 0.453 e. The van der Waals surface area contributed by atoms with Gasteiger partial charge in [-0.3, -0.25) is 18.9 Å². The van der Waals surface area contributed by atoms with Crippen LogP contribution >= 0.6 is 10.8 Å². The number of rotatable bonds is 10. The average Bonchev–Trinajstić information content (AvgIpc) is 2.72. The minimum absolute atomic E-state index is 0.0573. The number of methoxy groups -OCH3 is 1. The molecule has 1 aromatic rings. The smallest absolute Gasteiger partial charge is 0.385 e. The van der Waals surface area contributed by atoms with Crippen LogP contribution in [0.25, 0.3) is 0 Å². The maximum absolute atomic E-state index is 13.1. The summed E-state index contributed by atoms with van der Waals surface area (Å²) >= 11 is 0. The predicted octanol–water partition coefficient (Wildman–Crippen LogP) is 3.95. The highest BCUT2D eigenvalue weighted by atomic mass is 32.3. The van der Waals surface area contributed by atoms with Crippen molar-refractivity contribution in [2.24, 2.45) is 5.73 Å². The number of piperidine rings is 1. The lowest BCUT2D eigenvalue weighted by Gasteiger charge is -2.49. The van der Waals surface area contributed by atoms with E-state index in [4.69, 9.17) is 10.5 Å². The molecule has 7 nitrogen and oxygen atoms in total. The molecule has 32 heavy (non-hydrogen) atoms. The number of hydrogen-bond donors (Lipinski definition) is 3. The summed E-state index contributed by atoms with van der Waals surface area (Å²) in [4.78, 5) is 15.9. The Morgan fingerprint density at radius 3 is 2.38 bits per heavy atom. The van der Waals surface area contributed by atoms with Gasteiger partial charge in [0, 0.05) is 57.5 Å². The van der Waals surface area contributed by atoms with E-state index in [1.807, 2.05) is 0 Å². The summed E-state index contributed by atoms with van der Waals surface area (Å²) in [5, 5.41) is -1.16. The number of ether oxygens (including phenoxy) is 1. The third kappa shape index (κ3) is 6.50. The molecule has 0 spiro atoms. The largest absolute Gasteiger partial charge is 0.453 e. The molecule has 0 aromatic carbocycles. The van der Waals surface area contributed by atoms with Crippen LogP contribution in [0.2, 0.25) is 0 Å². The molecule has 1 saturated heterocycles. The molecular formula is C19H28F5N3O4S. The number of alkyl halides is 5. The molecule has 2 rings (SSSR count). The van der Waals surface area contributed by atoms with Crippen LogP contribution < -0.4 is 5.73 Å². The Kier molecular flexibility index (Phi) is 8.84. The van der Waals surface area contributed by atoms with E-state index in [0.717, 1.165) is 0 Å². The average molecular weight is 490 g/mol. The number of amides is 1. The Labute approximate surface area is 184 Å². The first-order chi connectivity index (χ1) is 14.8. The van der Waals surface area contributed by atoms with Crippen LogP contribution in [0.15, 0.2) is 18.3 Å². The number of aromatic nitrogens is 1. The Bertz CT molecular complexity index is 756. The van der Waals surface area contributed by atoms with Crippen LogP contribution in [0.5, 0.6) is 0 Å². The summed E-state index contributed by atoms with van der Waals surface area (Å²) in [5.74, 6) is -5.64. The van der Waals surface area contributed by atoms with E-state index in [2.05, 4.69) is 4.98 Å². The highest BCUT2D eigenvalue weighted by Gasteiger charge is 2.56. The molecule has 2 heterocycles. The van der Waals surface area contributed by atoms with E-state index >= 15 is 0 Å². The number of halogens is 5. The first-order valence-corrected chi connectivity index (χ1v) is 11.6. The highest BCUT2D eigenvalue weighted by molar-refractivity contribution is 8.23. The van der Waals surface area contributed by atoms with Gasteiger partial charge in [0.1, 0.15) is 5.25 Å². The molecule has 1 amide bonds. The standard InChI is InChI=1S/C19H28F5N3O4S/c1-31-11-7-16(17(25)28)32(29,30)27-9-5-14(6-10-27)15-3-2-13(12-26-15)4-8-18(20,21)19(22,23)24/h2-3,12,14,16,29-30H,4-11H2,1H3,(H2,25,28). The lowest BCUT2D eigenvalue weighted by molar-refractivity contribution is -0.284. The number of carbonyl (C=O) groups excluding carboxylic acids is 1. The van der Waals surface area contributed by atoms with E-state index in [0.29, 0.717) is 18.5 Å². The fourth-order valence-electron chi connectivity index (χ4n) is 3.55. The van der Waals surface area contributed by atoms with Crippen LogP contribution in [-0.4, -0.2) is 68.5 Å². The van der Waals surface area contributed by atoms with Crippen molar-refractivity contribution in [2.45, 2.75) is 55.4 Å². The third-order valence-electron chi connectivity index (χ3n) is 5.53. The molecule has 1 aliphatic rings. The molecule has 13 heteroatoms. The quantitative estimate of drug-likeness (QED) is 0.430. The van der Waals surface area contributed by atoms with Crippen molar-refractivity contribution in [1.82, 2.24) is 9.29 Å². The molecule has 0 aliphatic carbocycles. The van der Waals surface area contributed by atoms with Crippen LogP contribution in [0.4, 0.5) is 22.0 Å². The second-order valence-corrected chi connectivity index (χ2v) is 9.94. The van der Waals surface area contributed by atoms with Crippen molar-refractivity contribution >= 4 is 16.7 Å². The van der Waals surface area contributed by atoms with E-state index in [9.17, 15) is 35.9 Å². The topological polar surface area (TPSA) is 109 Å². The third-order valence-corrected chi connectivity index (χ3v) is 7.88. The van der Waals surface area contributed by atoms with E-state index in [-0.39, 0.29) is 37.6 Å². The minimum atomic E-state index is -5.58. The van der Waals surface area contributed by atoms with Gasteiger partial charge in [0.15, 0.2) is 0 Å². The number of primary amides is 1. The predicted molar refractivity (Wildman–Crippen MR) is 109 cm³/mol. The molecular weight excluding hydrogens is 461 g/mol. The lowest BCUT2D eigenvalue weighted by atomic mass is 9.93. The number of nitrogens with two attached hydrogens (primary N) is 1. The molecule has 1 atom stereocenters. The van der Waals surface area contributed by atoms with Gasteiger partial charge in [-0.05, 0) is 30.9 Å². The summed E-state index contributed by atoms with van der Waals surface area (Å²) in [6.45, 7) is 0.682. The zero-order valence-electron chi connectivity index (χ0n) is 17.5. The first kappa shape index (κ1) is 26.7. The Hall–Kier alpha value is -1.54. The number of nitrogens with zero attached hydrogens (tertiary/aromatic N) is 2. The van der Waals surface area contributed by atoms with Crippen molar-refractivity contribution in [1.29, 1.82) is 0 Å². The summed E-state index contributed by atoms with van der Waals surface area (Å²) in [6, 6.07) is 3.06. The Morgan fingerprint density at radius 2 is 1.91 bits per heavy atom.